The number of benzene rings is 2. The van der Waals surface area contributed by atoms with Crippen molar-refractivity contribution in [3.8, 4) is 6.07 Å². The van der Waals surface area contributed by atoms with Gasteiger partial charge in [0.15, 0.2) is 0 Å². The molecule has 0 radical (unpaired) electrons. The number of nitrogens with one attached hydrogen (secondary N) is 1. The Morgan fingerprint density at radius 2 is 1.88 bits per heavy atom. The maximum absolute atomic E-state index is 13.4. The molecule has 6 heteroatoms. The van der Waals surface area contributed by atoms with Crippen LogP contribution in [-0.4, -0.2) is 12.6 Å². The molecule has 2 rings (SSSR count). The van der Waals surface area contributed by atoms with E-state index in [9.17, 15) is 13.6 Å². The second kappa shape index (κ2) is 8.44. The fraction of sp³-hybridized carbons (Fsp3) is 0.111. The second-order valence-electron chi connectivity index (χ2n) is 4.82. The first-order valence-electron chi connectivity index (χ1n) is 7.10. The van der Waals surface area contributed by atoms with E-state index in [0.29, 0.717) is 0 Å². The number of nitriles is 1. The zero-order valence-corrected chi connectivity index (χ0v) is 12.6. The van der Waals surface area contributed by atoms with Crippen LogP contribution in [-0.2, 0) is 11.3 Å². The second-order valence-corrected chi connectivity index (χ2v) is 4.82. The molecular formula is C18H14F2N2O2. The highest BCUT2D eigenvalue weighted by molar-refractivity contribution is 5.67. The summed E-state index contributed by atoms with van der Waals surface area (Å²) in [6, 6.07) is 12.8. The summed E-state index contributed by atoms with van der Waals surface area (Å²) in [7, 11) is 0. The molecule has 0 saturated carbocycles. The van der Waals surface area contributed by atoms with Gasteiger partial charge in [-0.3, -0.25) is 0 Å². The molecule has 0 unspecified atom stereocenters. The molecule has 0 saturated heterocycles. The summed E-state index contributed by atoms with van der Waals surface area (Å²) in [5.74, 6) is -1.85. The van der Waals surface area contributed by atoms with Gasteiger partial charge in [0.1, 0.15) is 29.9 Å². The van der Waals surface area contributed by atoms with E-state index >= 15 is 0 Å². The van der Waals surface area contributed by atoms with Crippen LogP contribution in [0, 0.1) is 23.0 Å². The molecule has 24 heavy (non-hydrogen) atoms. The van der Waals surface area contributed by atoms with Gasteiger partial charge in [0, 0.05) is 6.54 Å². The summed E-state index contributed by atoms with van der Waals surface area (Å²) in [6.07, 6.45) is 2.36. The molecule has 2 aromatic carbocycles. The average molecular weight is 328 g/mol. The van der Waals surface area contributed by atoms with Gasteiger partial charge in [-0.25, -0.2) is 13.6 Å². The predicted molar refractivity (Wildman–Crippen MR) is 84.7 cm³/mol. The topological polar surface area (TPSA) is 62.1 Å². The molecule has 0 atom stereocenters. The number of carbonyl (C=O) groups is 1. The lowest BCUT2D eigenvalue weighted by Gasteiger charge is -2.05. The van der Waals surface area contributed by atoms with E-state index in [0.717, 1.165) is 17.7 Å². The van der Waals surface area contributed by atoms with Gasteiger partial charge in [-0.05, 0) is 23.3 Å². The van der Waals surface area contributed by atoms with Gasteiger partial charge >= 0.3 is 6.09 Å². The van der Waals surface area contributed by atoms with Crippen LogP contribution in [0.3, 0.4) is 0 Å². The minimum Gasteiger partial charge on any atom is -0.445 e. The lowest BCUT2D eigenvalue weighted by Crippen LogP contribution is -2.24. The van der Waals surface area contributed by atoms with Crippen LogP contribution >= 0.6 is 0 Å². The van der Waals surface area contributed by atoms with Gasteiger partial charge in [0.25, 0.3) is 0 Å². The number of carbonyl (C=O) groups excluding carboxylic acids is 1. The number of ether oxygens (including phenoxy) is 1. The number of hydrogen-bond donors (Lipinski definition) is 1. The number of halogens is 2. The Morgan fingerprint density at radius 3 is 2.50 bits per heavy atom. The van der Waals surface area contributed by atoms with E-state index in [4.69, 9.17) is 10.00 Å². The Hall–Kier alpha value is -3.20. The lowest BCUT2D eigenvalue weighted by molar-refractivity contribution is 0.141. The van der Waals surface area contributed by atoms with Crippen molar-refractivity contribution in [3.05, 3.63) is 76.9 Å². The maximum atomic E-state index is 13.4. The fourth-order valence-electron chi connectivity index (χ4n) is 1.91. The molecule has 4 nitrogen and oxygen atoms in total. The summed E-state index contributed by atoms with van der Waals surface area (Å²) < 4.78 is 31.9. The van der Waals surface area contributed by atoms with Crippen molar-refractivity contribution >= 4 is 12.2 Å². The lowest BCUT2D eigenvalue weighted by atomic mass is 10.1. The minimum absolute atomic E-state index is 0.136. The zero-order valence-electron chi connectivity index (χ0n) is 12.6. The van der Waals surface area contributed by atoms with E-state index in [2.05, 4.69) is 5.32 Å². The number of amides is 1. The smallest absolute Gasteiger partial charge is 0.407 e. The Labute approximate surface area is 138 Å². The van der Waals surface area contributed by atoms with Crippen molar-refractivity contribution in [2.75, 3.05) is 6.54 Å². The quantitative estimate of drug-likeness (QED) is 0.908. The van der Waals surface area contributed by atoms with Gasteiger partial charge in [-0.2, -0.15) is 5.26 Å². The molecule has 1 amide bonds. The van der Waals surface area contributed by atoms with Gasteiger partial charge in [0.05, 0.1) is 0 Å². The standard InChI is InChI=1S/C18H14F2N2O2/c19-16-9-14(10-17(20)15(16)11-21)7-4-8-22-18(23)24-12-13-5-2-1-3-6-13/h1-7,9-10H,8,12H2,(H,22,23). The number of rotatable bonds is 5. The molecule has 0 aliphatic rings. The first kappa shape index (κ1) is 17.2. The fourth-order valence-corrected chi connectivity index (χ4v) is 1.91. The van der Waals surface area contributed by atoms with Crippen molar-refractivity contribution in [1.29, 1.82) is 5.26 Å². The van der Waals surface area contributed by atoms with Crippen LogP contribution in [0.25, 0.3) is 6.08 Å². The van der Waals surface area contributed by atoms with Crippen molar-refractivity contribution in [2.45, 2.75) is 6.61 Å². The molecule has 0 spiro atoms. The minimum atomic E-state index is -0.924. The highest BCUT2D eigenvalue weighted by atomic mass is 19.1. The average Bonchev–Trinajstić information content (AvgIpc) is 2.57. The van der Waals surface area contributed by atoms with E-state index in [1.807, 2.05) is 30.3 Å². The molecule has 1 N–H and O–H groups in total. The molecule has 2 aromatic rings. The van der Waals surface area contributed by atoms with Crippen LogP contribution < -0.4 is 5.32 Å². The molecular weight excluding hydrogens is 314 g/mol. The largest absolute Gasteiger partial charge is 0.445 e. The van der Waals surface area contributed by atoms with Crippen molar-refractivity contribution in [3.63, 3.8) is 0 Å². The summed E-state index contributed by atoms with van der Waals surface area (Å²) >= 11 is 0. The molecule has 0 aromatic heterocycles. The molecule has 0 heterocycles. The van der Waals surface area contributed by atoms with Crippen molar-refractivity contribution in [1.82, 2.24) is 5.32 Å². The molecule has 0 aliphatic heterocycles. The Kier molecular flexibility index (Phi) is 6.03. The summed E-state index contributed by atoms with van der Waals surface area (Å²) in [5.41, 5.74) is 0.505. The van der Waals surface area contributed by atoms with E-state index < -0.39 is 23.3 Å². The van der Waals surface area contributed by atoms with Crippen LogP contribution in [0.2, 0.25) is 0 Å². The normalized spacial score (nSPS) is 10.4. The first-order chi connectivity index (χ1) is 11.6. The summed E-state index contributed by atoms with van der Waals surface area (Å²) in [4.78, 5) is 11.5. The van der Waals surface area contributed by atoms with Gasteiger partial charge in [-0.15, -0.1) is 0 Å². The van der Waals surface area contributed by atoms with Crippen molar-refractivity contribution < 1.29 is 18.3 Å². The predicted octanol–water partition coefficient (Wildman–Crippen LogP) is 3.78. The monoisotopic (exact) mass is 328 g/mol. The number of hydrogen-bond acceptors (Lipinski definition) is 3. The van der Waals surface area contributed by atoms with Crippen molar-refractivity contribution in [2.24, 2.45) is 0 Å². The van der Waals surface area contributed by atoms with Gasteiger partial charge in [-0.1, -0.05) is 42.5 Å². The Balaban J connectivity index is 1.80. The van der Waals surface area contributed by atoms with E-state index in [1.54, 1.807) is 0 Å². The Morgan fingerprint density at radius 1 is 1.21 bits per heavy atom. The Bertz CT molecular complexity index is 760. The van der Waals surface area contributed by atoms with Crippen LogP contribution in [0.1, 0.15) is 16.7 Å². The third-order valence-corrected chi connectivity index (χ3v) is 3.06. The van der Waals surface area contributed by atoms with Crippen LogP contribution in [0.5, 0.6) is 0 Å². The third-order valence-electron chi connectivity index (χ3n) is 3.06. The first-order valence-corrected chi connectivity index (χ1v) is 7.10. The highest BCUT2D eigenvalue weighted by Gasteiger charge is 2.09. The summed E-state index contributed by atoms with van der Waals surface area (Å²) in [5, 5.41) is 11.1. The molecule has 0 fully saturated rings. The van der Waals surface area contributed by atoms with E-state index in [1.165, 1.54) is 18.2 Å². The van der Waals surface area contributed by atoms with Crippen LogP contribution in [0.15, 0.2) is 48.5 Å². The third kappa shape index (κ3) is 4.92. The van der Waals surface area contributed by atoms with E-state index in [-0.39, 0.29) is 18.7 Å². The highest BCUT2D eigenvalue weighted by Crippen LogP contribution is 2.15. The molecule has 0 aliphatic carbocycles. The van der Waals surface area contributed by atoms with Gasteiger partial charge < -0.3 is 10.1 Å². The number of alkyl carbamates (subject to hydrolysis) is 1. The van der Waals surface area contributed by atoms with Crippen LogP contribution in [0.4, 0.5) is 13.6 Å². The molecule has 122 valence electrons. The SMILES string of the molecule is N#Cc1c(F)cc(C=CCNC(=O)OCc2ccccc2)cc1F. The zero-order chi connectivity index (χ0) is 17.4. The molecule has 0 bridgehead atoms. The van der Waals surface area contributed by atoms with Gasteiger partial charge in [0.2, 0.25) is 0 Å². The number of nitrogens with zero attached hydrogens (tertiary/aromatic N) is 1. The summed E-state index contributed by atoms with van der Waals surface area (Å²) in [6.45, 7) is 0.291. The maximum Gasteiger partial charge on any atom is 0.407 e.